The second kappa shape index (κ2) is 8.00. The lowest BCUT2D eigenvalue weighted by Crippen LogP contribution is -2.05. The van der Waals surface area contributed by atoms with Gasteiger partial charge in [0, 0.05) is 7.11 Å². The molecule has 0 fully saturated rings. The number of allylic oxidation sites excluding steroid dienone is 2. The van der Waals surface area contributed by atoms with Gasteiger partial charge in [0.25, 0.3) is 0 Å². The second-order valence-electron chi connectivity index (χ2n) is 5.36. The van der Waals surface area contributed by atoms with Gasteiger partial charge in [-0.1, -0.05) is 43.7 Å². The Morgan fingerprint density at radius 2 is 2.00 bits per heavy atom. The minimum absolute atomic E-state index is 0.305. The van der Waals surface area contributed by atoms with Crippen molar-refractivity contribution in [3.8, 4) is 5.75 Å². The first-order valence-electron chi connectivity index (χ1n) is 6.93. The van der Waals surface area contributed by atoms with Gasteiger partial charge >= 0.3 is 0 Å². The van der Waals surface area contributed by atoms with Gasteiger partial charge in [-0.25, -0.2) is 0 Å². The smallest absolute Gasteiger partial charge is 0.188 e. The van der Waals surface area contributed by atoms with Crippen molar-refractivity contribution >= 4 is 0 Å². The number of ether oxygens (including phenoxy) is 2. The topological polar surface area (TPSA) is 18.5 Å². The molecule has 2 nitrogen and oxygen atoms in total. The lowest BCUT2D eigenvalue weighted by molar-refractivity contribution is 0.0495. The van der Waals surface area contributed by atoms with Gasteiger partial charge in [0.1, 0.15) is 5.75 Å². The predicted molar refractivity (Wildman–Crippen MR) is 80.8 cm³/mol. The van der Waals surface area contributed by atoms with Gasteiger partial charge in [-0.15, -0.1) is 0 Å². The fourth-order valence-electron chi connectivity index (χ4n) is 2.07. The number of hydrogen-bond acceptors (Lipinski definition) is 2. The molecule has 1 rings (SSSR count). The molecule has 0 aliphatic rings. The molecule has 1 aromatic rings. The standard InChI is InChI=1S/C17H26O2/c1-13(2)8-6-9-15-10-7-11-16(14(3)4)17(15)19-12-18-5/h7-8,10-11,14H,6,9,12H2,1-5H3. The Labute approximate surface area is 117 Å². The van der Waals surface area contributed by atoms with E-state index in [1.54, 1.807) is 7.11 Å². The molecule has 2 heteroatoms. The van der Waals surface area contributed by atoms with E-state index in [0.717, 1.165) is 18.6 Å². The van der Waals surface area contributed by atoms with Crippen LogP contribution in [0.1, 0.15) is 51.2 Å². The molecule has 0 aromatic heterocycles. The molecule has 0 atom stereocenters. The summed E-state index contributed by atoms with van der Waals surface area (Å²) >= 11 is 0. The number of rotatable bonds is 7. The molecule has 0 amide bonds. The van der Waals surface area contributed by atoms with Crippen molar-refractivity contribution in [2.24, 2.45) is 0 Å². The Kier molecular flexibility index (Phi) is 6.65. The molecule has 0 heterocycles. The number of hydrogen-bond donors (Lipinski definition) is 0. The van der Waals surface area contributed by atoms with Crippen LogP contribution in [0.5, 0.6) is 5.75 Å². The molecule has 106 valence electrons. The number of para-hydroxylation sites is 1. The van der Waals surface area contributed by atoms with Crippen LogP contribution in [0.25, 0.3) is 0 Å². The first-order chi connectivity index (χ1) is 9.06. The normalized spacial score (nSPS) is 10.6. The van der Waals surface area contributed by atoms with E-state index in [1.807, 2.05) is 0 Å². The van der Waals surface area contributed by atoms with Crippen molar-refractivity contribution in [2.45, 2.75) is 46.5 Å². The predicted octanol–water partition coefficient (Wildman–Crippen LogP) is 4.69. The maximum absolute atomic E-state index is 5.79. The van der Waals surface area contributed by atoms with E-state index in [4.69, 9.17) is 9.47 Å². The molecule has 0 radical (unpaired) electrons. The van der Waals surface area contributed by atoms with Crippen molar-refractivity contribution in [3.05, 3.63) is 41.0 Å². The molecule has 0 spiro atoms. The summed E-state index contributed by atoms with van der Waals surface area (Å²) in [5.74, 6) is 1.46. The zero-order chi connectivity index (χ0) is 14.3. The largest absolute Gasteiger partial charge is 0.467 e. The van der Waals surface area contributed by atoms with Gasteiger partial charge in [-0.05, 0) is 43.7 Å². The maximum Gasteiger partial charge on any atom is 0.188 e. The van der Waals surface area contributed by atoms with Crippen molar-refractivity contribution < 1.29 is 9.47 Å². The highest BCUT2D eigenvalue weighted by Gasteiger charge is 2.12. The van der Waals surface area contributed by atoms with E-state index < -0.39 is 0 Å². The zero-order valence-corrected chi connectivity index (χ0v) is 12.8. The molecule has 19 heavy (non-hydrogen) atoms. The summed E-state index contributed by atoms with van der Waals surface area (Å²) in [6.45, 7) is 8.95. The summed E-state index contributed by atoms with van der Waals surface area (Å²) in [5.41, 5.74) is 3.88. The van der Waals surface area contributed by atoms with Crippen molar-refractivity contribution in [1.29, 1.82) is 0 Å². The summed E-state index contributed by atoms with van der Waals surface area (Å²) in [5, 5.41) is 0. The van der Waals surface area contributed by atoms with E-state index in [-0.39, 0.29) is 0 Å². The Morgan fingerprint density at radius 1 is 1.26 bits per heavy atom. The third-order valence-electron chi connectivity index (χ3n) is 3.04. The van der Waals surface area contributed by atoms with E-state index >= 15 is 0 Å². The van der Waals surface area contributed by atoms with Gasteiger partial charge in [-0.2, -0.15) is 0 Å². The van der Waals surface area contributed by atoms with Crippen molar-refractivity contribution in [1.82, 2.24) is 0 Å². The van der Waals surface area contributed by atoms with Crippen LogP contribution in [0.3, 0.4) is 0 Å². The first-order valence-corrected chi connectivity index (χ1v) is 6.93. The highest BCUT2D eigenvalue weighted by atomic mass is 16.7. The lowest BCUT2D eigenvalue weighted by atomic mass is 9.97. The number of benzene rings is 1. The quantitative estimate of drug-likeness (QED) is 0.524. The molecule has 1 aromatic carbocycles. The first kappa shape index (κ1) is 15.8. The molecule has 0 saturated heterocycles. The van der Waals surface area contributed by atoms with Crippen LogP contribution in [0, 0.1) is 0 Å². The Balaban J connectivity index is 2.94. The molecule has 0 saturated carbocycles. The lowest BCUT2D eigenvalue weighted by Gasteiger charge is -2.17. The van der Waals surface area contributed by atoms with Crippen molar-refractivity contribution in [3.63, 3.8) is 0 Å². The van der Waals surface area contributed by atoms with Gasteiger partial charge in [0.2, 0.25) is 0 Å². The third-order valence-corrected chi connectivity index (χ3v) is 3.04. The van der Waals surface area contributed by atoms with Gasteiger partial charge < -0.3 is 9.47 Å². The monoisotopic (exact) mass is 262 g/mol. The zero-order valence-electron chi connectivity index (χ0n) is 12.8. The minimum Gasteiger partial charge on any atom is -0.467 e. The minimum atomic E-state index is 0.305. The van der Waals surface area contributed by atoms with Crippen LogP contribution in [0.2, 0.25) is 0 Å². The molecule has 0 aliphatic carbocycles. The molecule has 0 unspecified atom stereocenters. The fourth-order valence-corrected chi connectivity index (χ4v) is 2.07. The Bertz CT molecular complexity index is 415. The summed E-state index contributed by atoms with van der Waals surface area (Å²) in [6.07, 6.45) is 4.32. The third kappa shape index (κ3) is 5.07. The molecule has 0 aliphatic heterocycles. The Hall–Kier alpha value is -1.28. The summed E-state index contributed by atoms with van der Waals surface area (Å²) in [4.78, 5) is 0. The molecule has 0 N–H and O–H groups in total. The van der Waals surface area contributed by atoms with E-state index in [9.17, 15) is 0 Å². The van der Waals surface area contributed by atoms with Gasteiger partial charge in [0.15, 0.2) is 6.79 Å². The van der Waals surface area contributed by atoms with Crippen LogP contribution < -0.4 is 4.74 Å². The highest BCUT2D eigenvalue weighted by molar-refractivity contribution is 5.43. The van der Waals surface area contributed by atoms with Crippen LogP contribution in [0.4, 0.5) is 0 Å². The fraction of sp³-hybridized carbons (Fsp3) is 0.529. The summed E-state index contributed by atoms with van der Waals surface area (Å²) < 4.78 is 10.8. The van der Waals surface area contributed by atoms with E-state index in [1.165, 1.54) is 16.7 Å². The number of aryl methyl sites for hydroxylation is 1. The van der Waals surface area contributed by atoms with Gasteiger partial charge in [0.05, 0.1) is 0 Å². The van der Waals surface area contributed by atoms with E-state index in [0.29, 0.717) is 12.7 Å². The Morgan fingerprint density at radius 3 is 2.58 bits per heavy atom. The second-order valence-corrected chi connectivity index (χ2v) is 5.36. The van der Waals surface area contributed by atoms with Crippen LogP contribution in [-0.2, 0) is 11.2 Å². The summed E-state index contributed by atoms with van der Waals surface area (Å²) in [6, 6.07) is 6.41. The SMILES string of the molecule is COCOc1c(CCC=C(C)C)cccc1C(C)C. The van der Waals surface area contributed by atoms with Gasteiger partial charge in [-0.3, -0.25) is 0 Å². The average Bonchev–Trinajstić information content (AvgIpc) is 2.36. The van der Waals surface area contributed by atoms with Crippen LogP contribution >= 0.6 is 0 Å². The van der Waals surface area contributed by atoms with Crippen LogP contribution in [0.15, 0.2) is 29.8 Å². The van der Waals surface area contributed by atoms with Crippen molar-refractivity contribution in [2.75, 3.05) is 13.9 Å². The maximum atomic E-state index is 5.79. The average molecular weight is 262 g/mol. The summed E-state index contributed by atoms with van der Waals surface area (Å²) in [7, 11) is 1.65. The molecular formula is C17H26O2. The molecule has 0 bridgehead atoms. The molecular weight excluding hydrogens is 236 g/mol. The van der Waals surface area contributed by atoms with Crippen LogP contribution in [-0.4, -0.2) is 13.9 Å². The highest BCUT2D eigenvalue weighted by Crippen LogP contribution is 2.31. The van der Waals surface area contributed by atoms with E-state index in [2.05, 4.69) is 52.0 Å². The number of methoxy groups -OCH3 is 1.